The highest BCUT2D eigenvalue weighted by Crippen LogP contribution is 2.18. The van der Waals surface area contributed by atoms with Crippen LogP contribution in [0.3, 0.4) is 0 Å². The smallest absolute Gasteiger partial charge is 0.194 e. The largest absolute Gasteiger partial charge is 0.381 e. The quantitative estimate of drug-likeness (QED) is 0.866. The summed E-state index contributed by atoms with van der Waals surface area (Å²) in [6.07, 6.45) is 1.46. The van der Waals surface area contributed by atoms with Gasteiger partial charge in [-0.3, -0.25) is 0 Å². The SMILES string of the molecule is N#Cc1cc(CNc2cc(F)c(F)c(F)c2)ccn1. The highest BCUT2D eigenvalue weighted by Gasteiger charge is 2.10. The van der Waals surface area contributed by atoms with E-state index in [1.54, 1.807) is 12.1 Å². The second kappa shape index (κ2) is 5.40. The van der Waals surface area contributed by atoms with E-state index in [4.69, 9.17) is 5.26 Å². The maximum atomic E-state index is 13.0. The molecule has 1 aromatic carbocycles. The van der Waals surface area contributed by atoms with Crippen LogP contribution in [0.1, 0.15) is 11.3 Å². The van der Waals surface area contributed by atoms with Gasteiger partial charge < -0.3 is 5.32 Å². The fraction of sp³-hybridized carbons (Fsp3) is 0.0769. The lowest BCUT2D eigenvalue weighted by Crippen LogP contribution is -2.02. The van der Waals surface area contributed by atoms with Crippen molar-refractivity contribution in [3.05, 3.63) is 59.2 Å². The Labute approximate surface area is 107 Å². The van der Waals surface area contributed by atoms with E-state index in [2.05, 4.69) is 10.3 Å². The zero-order valence-electron chi connectivity index (χ0n) is 9.62. The number of halogens is 3. The predicted molar refractivity (Wildman–Crippen MR) is 62.6 cm³/mol. The summed E-state index contributed by atoms with van der Waals surface area (Å²) in [5.74, 6) is -4.01. The van der Waals surface area contributed by atoms with Gasteiger partial charge in [-0.25, -0.2) is 18.2 Å². The lowest BCUT2D eigenvalue weighted by Gasteiger charge is -2.07. The van der Waals surface area contributed by atoms with Crippen LogP contribution in [0.4, 0.5) is 18.9 Å². The first kappa shape index (κ1) is 12.9. The van der Waals surface area contributed by atoms with Gasteiger partial charge >= 0.3 is 0 Å². The third-order valence-corrected chi connectivity index (χ3v) is 2.42. The molecule has 0 atom stereocenters. The van der Waals surface area contributed by atoms with E-state index < -0.39 is 17.5 Å². The van der Waals surface area contributed by atoms with Crippen molar-refractivity contribution >= 4 is 5.69 Å². The van der Waals surface area contributed by atoms with Gasteiger partial charge in [-0.2, -0.15) is 5.26 Å². The minimum absolute atomic E-state index is 0.117. The molecule has 96 valence electrons. The van der Waals surface area contributed by atoms with E-state index in [9.17, 15) is 13.2 Å². The summed E-state index contributed by atoms with van der Waals surface area (Å²) in [4.78, 5) is 3.79. The van der Waals surface area contributed by atoms with Crippen LogP contribution in [0.2, 0.25) is 0 Å². The zero-order valence-corrected chi connectivity index (χ0v) is 9.62. The zero-order chi connectivity index (χ0) is 13.8. The average Bonchev–Trinajstić information content (AvgIpc) is 2.42. The Morgan fingerprint density at radius 1 is 1.16 bits per heavy atom. The molecule has 0 unspecified atom stereocenters. The van der Waals surface area contributed by atoms with E-state index in [0.717, 1.165) is 17.7 Å². The molecule has 2 rings (SSSR count). The third kappa shape index (κ3) is 3.01. The van der Waals surface area contributed by atoms with Crippen molar-refractivity contribution in [1.82, 2.24) is 4.98 Å². The van der Waals surface area contributed by atoms with E-state index >= 15 is 0 Å². The molecule has 3 nitrogen and oxygen atoms in total. The first-order valence-electron chi connectivity index (χ1n) is 5.33. The van der Waals surface area contributed by atoms with Crippen molar-refractivity contribution in [2.45, 2.75) is 6.54 Å². The molecule has 0 aliphatic heterocycles. The molecule has 0 bridgehead atoms. The van der Waals surface area contributed by atoms with Gasteiger partial charge in [0.1, 0.15) is 11.8 Å². The maximum Gasteiger partial charge on any atom is 0.194 e. The van der Waals surface area contributed by atoms with Crippen molar-refractivity contribution in [3.63, 3.8) is 0 Å². The van der Waals surface area contributed by atoms with Crippen LogP contribution in [0.5, 0.6) is 0 Å². The summed E-state index contributed by atoms with van der Waals surface area (Å²) in [7, 11) is 0. The van der Waals surface area contributed by atoms with Crippen LogP contribution < -0.4 is 5.32 Å². The monoisotopic (exact) mass is 263 g/mol. The number of hydrogen-bond acceptors (Lipinski definition) is 3. The Morgan fingerprint density at radius 2 is 1.84 bits per heavy atom. The fourth-order valence-corrected chi connectivity index (χ4v) is 1.51. The van der Waals surface area contributed by atoms with Crippen LogP contribution in [0.15, 0.2) is 30.5 Å². The number of nitriles is 1. The van der Waals surface area contributed by atoms with Crippen LogP contribution in [0.25, 0.3) is 0 Å². The molecule has 0 spiro atoms. The van der Waals surface area contributed by atoms with Gasteiger partial charge in [0.05, 0.1) is 0 Å². The van der Waals surface area contributed by atoms with E-state index in [0.29, 0.717) is 0 Å². The highest BCUT2D eigenvalue weighted by molar-refractivity contribution is 5.45. The molecule has 1 heterocycles. The normalized spacial score (nSPS) is 10.0. The summed E-state index contributed by atoms with van der Waals surface area (Å²) in [6.45, 7) is 0.238. The van der Waals surface area contributed by atoms with E-state index in [-0.39, 0.29) is 17.9 Å². The molecule has 0 aliphatic rings. The van der Waals surface area contributed by atoms with Gasteiger partial charge in [-0.05, 0) is 17.7 Å². The number of anilines is 1. The second-order valence-electron chi connectivity index (χ2n) is 3.77. The standard InChI is InChI=1S/C13H8F3N3/c14-11-4-9(5-12(15)13(11)16)19-7-8-1-2-18-10(3-8)6-17/h1-5,19H,7H2. The van der Waals surface area contributed by atoms with Crippen LogP contribution in [-0.4, -0.2) is 4.98 Å². The molecule has 6 heteroatoms. The van der Waals surface area contributed by atoms with Crippen LogP contribution >= 0.6 is 0 Å². The number of aromatic nitrogens is 1. The number of rotatable bonds is 3. The molecule has 0 saturated carbocycles. The minimum atomic E-state index is -1.50. The number of benzene rings is 1. The van der Waals surface area contributed by atoms with E-state index in [1.807, 2.05) is 6.07 Å². The molecule has 1 N–H and O–H groups in total. The maximum absolute atomic E-state index is 13.0. The van der Waals surface area contributed by atoms with Crippen LogP contribution in [0, 0.1) is 28.8 Å². The van der Waals surface area contributed by atoms with E-state index in [1.165, 1.54) is 6.20 Å². The Bertz CT molecular complexity index is 627. The molecule has 19 heavy (non-hydrogen) atoms. The lowest BCUT2D eigenvalue weighted by molar-refractivity contribution is 0.447. The molecule has 0 amide bonds. The lowest BCUT2D eigenvalue weighted by atomic mass is 10.2. The number of nitrogens with zero attached hydrogens (tertiary/aromatic N) is 2. The minimum Gasteiger partial charge on any atom is -0.381 e. The van der Waals surface area contributed by atoms with Gasteiger partial charge in [-0.15, -0.1) is 0 Å². The Balaban J connectivity index is 2.12. The summed E-state index contributed by atoms with van der Waals surface area (Å²) in [5, 5.41) is 11.4. The molecular weight excluding hydrogens is 255 g/mol. The summed E-state index contributed by atoms with van der Waals surface area (Å²) >= 11 is 0. The van der Waals surface area contributed by atoms with Crippen molar-refractivity contribution in [2.24, 2.45) is 0 Å². The van der Waals surface area contributed by atoms with Gasteiger partial charge in [0.15, 0.2) is 17.5 Å². The first-order valence-corrected chi connectivity index (χ1v) is 5.33. The molecule has 0 fully saturated rings. The third-order valence-electron chi connectivity index (χ3n) is 2.42. The summed E-state index contributed by atoms with van der Waals surface area (Å²) < 4.78 is 38.7. The summed E-state index contributed by atoms with van der Waals surface area (Å²) in [6, 6.07) is 6.82. The molecular formula is C13H8F3N3. The molecule has 0 saturated heterocycles. The van der Waals surface area contributed by atoms with Crippen molar-refractivity contribution in [3.8, 4) is 6.07 Å². The number of pyridine rings is 1. The summed E-state index contributed by atoms with van der Waals surface area (Å²) in [5.41, 5.74) is 1.08. The number of nitrogens with one attached hydrogen (secondary N) is 1. The Morgan fingerprint density at radius 3 is 2.47 bits per heavy atom. The highest BCUT2D eigenvalue weighted by atomic mass is 19.2. The first-order chi connectivity index (χ1) is 9.10. The second-order valence-corrected chi connectivity index (χ2v) is 3.77. The predicted octanol–water partition coefficient (Wildman–Crippen LogP) is 2.98. The number of hydrogen-bond donors (Lipinski definition) is 1. The van der Waals surface area contributed by atoms with Crippen molar-refractivity contribution in [2.75, 3.05) is 5.32 Å². The molecule has 2 aromatic rings. The van der Waals surface area contributed by atoms with Crippen molar-refractivity contribution < 1.29 is 13.2 Å². The van der Waals surface area contributed by atoms with Gasteiger partial charge in [-0.1, -0.05) is 0 Å². The Hall–Kier alpha value is -2.55. The van der Waals surface area contributed by atoms with Crippen LogP contribution in [-0.2, 0) is 6.54 Å². The molecule has 0 aliphatic carbocycles. The van der Waals surface area contributed by atoms with Gasteiger partial charge in [0.2, 0.25) is 0 Å². The topological polar surface area (TPSA) is 48.7 Å². The average molecular weight is 263 g/mol. The Kier molecular flexibility index (Phi) is 3.66. The van der Waals surface area contributed by atoms with Crippen molar-refractivity contribution in [1.29, 1.82) is 5.26 Å². The molecule has 1 aromatic heterocycles. The molecule has 0 radical (unpaired) electrons. The van der Waals surface area contributed by atoms with Gasteiger partial charge in [0, 0.05) is 30.6 Å². The van der Waals surface area contributed by atoms with Gasteiger partial charge in [0.25, 0.3) is 0 Å². The fourth-order valence-electron chi connectivity index (χ4n) is 1.51.